The van der Waals surface area contributed by atoms with Crippen molar-refractivity contribution in [3.05, 3.63) is 24.2 Å². The normalized spacial score (nSPS) is 23.9. The number of hydrogen-bond donors (Lipinski definition) is 1. The predicted molar refractivity (Wildman–Crippen MR) is 86.0 cm³/mol. The maximum atomic E-state index is 5.53. The number of rotatable bonds is 3. The first-order valence-electron chi connectivity index (χ1n) is 8.55. The van der Waals surface area contributed by atoms with Gasteiger partial charge in [0, 0.05) is 37.9 Å². The number of fused-ring (bicyclic) bond motifs is 1. The van der Waals surface area contributed by atoms with Crippen molar-refractivity contribution in [2.45, 2.75) is 50.6 Å². The van der Waals surface area contributed by atoms with Crippen molar-refractivity contribution in [3.8, 4) is 0 Å². The van der Waals surface area contributed by atoms with E-state index in [0.717, 1.165) is 50.2 Å². The van der Waals surface area contributed by atoms with E-state index >= 15 is 0 Å². The van der Waals surface area contributed by atoms with Crippen molar-refractivity contribution in [1.29, 1.82) is 0 Å². The fourth-order valence-electron chi connectivity index (χ4n) is 3.77. The molecule has 2 aliphatic rings. The number of imidazole rings is 1. The molecule has 0 radical (unpaired) electrons. The molecule has 22 heavy (non-hydrogen) atoms. The van der Waals surface area contributed by atoms with Crippen LogP contribution in [0.5, 0.6) is 0 Å². The van der Waals surface area contributed by atoms with Gasteiger partial charge >= 0.3 is 0 Å². The molecule has 0 bridgehead atoms. The number of nitrogens with one attached hydrogen (secondary N) is 1. The molecule has 1 atom stereocenters. The van der Waals surface area contributed by atoms with E-state index in [0.29, 0.717) is 12.1 Å². The Kier molecular flexibility index (Phi) is 4.08. The molecule has 4 heterocycles. The summed E-state index contributed by atoms with van der Waals surface area (Å²) in [5, 5.41) is 3.64. The predicted octanol–water partition coefficient (Wildman–Crippen LogP) is 2.47. The van der Waals surface area contributed by atoms with Gasteiger partial charge in [-0.15, -0.1) is 0 Å². The molecule has 0 aromatic carbocycles. The number of pyridine rings is 1. The monoisotopic (exact) mass is 300 g/mol. The van der Waals surface area contributed by atoms with E-state index in [2.05, 4.69) is 20.9 Å². The second-order valence-electron chi connectivity index (χ2n) is 6.44. The Morgan fingerprint density at radius 3 is 2.95 bits per heavy atom. The SMILES string of the molecule is c1cnc2c(c1)nc(CC1CCCCN1)n2C1CCOCC1. The van der Waals surface area contributed by atoms with Gasteiger partial charge in [0.2, 0.25) is 0 Å². The fourth-order valence-corrected chi connectivity index (χ4v) is 3.77. The quantitative estimate of drug-likeness (QED) is 0.946. The van der Waals surface area contributed by atoms with Gasteiger partial charge in [0.15, 0.2) is 5.65 Å². The van der Waals surface area contributed by atoms with Crippen LogP contribution in [0.3, 0.4) is 0 Å². The number of hydrogen-bond acceptors (Lipinski definition) is 4. The van der Waals surface area contributed by atoms with Gasteiger partial charge in [0.05, 0.1) is 0 Å². The maximum Gasteiger partial charge on any atom is 0.160 e. The highest BCUT2D eigenvalue weighted by atomic mass is 16.5. The van der Waals surface area contributed by atoms with Crippen LogP contribution in [-0.4, -0.2) is 40.3 Å². The van der Waals surface area contributed by atoms with E-state index in [9.17, 15) is 0 Å². The second-order valence-corrected chi connectivity index (χ2v) is 6.44. The molecule has 2 aliphatic heterocycles. The summed E-state index contributed by atoms with van der Waals surface area (Å²) < 4.78 is 7.93. The largest absolute Gasteiger partial charge is 0.381 e. The number of aromatic nitrogens is 3. The smallest absolute Gasteiger partial charge is 0.160 e. The highest BCUT2D eigenvalue weighted by Gasteiger charge is 2.24. The highest BCUT2D eigenvalue weighted by Crippen LogP contribution is 2.28. The lowest BCUT2D eigenvalue weighted by molar-refractivity contribution is 0.0696. The van der Waals surface area contributed by atoms with Gasteiger partial charge < -0.3 is 14.6 Å². The standard InChI is InChI=1S/C17H24N4O/c1-2-8-18-13(4-1)12-16-20-15-5-3-9-19-17(15)21(16)14-6-10-22-11-7-14/h3,5,9,13-14,18H,1-2,4,6-8,10-12H2. The second kappa shape index (κ2) is 6.34. The van der Waals surface area contributed by atoms with Gasteiger partial charge in [0.1, 0.15) is 11.3 Å². The van der Waals surface area contributed by atoms with Gasteiger partial charge in [-0.2, -0.15) is 0 Å². The number of ether oxygens (including phenoxy) is 1. The third-order valence-corrected chi connectivity index (χ3v) is 4.92. The summed E-state index contributed by atoms with van der Waals surface area (Å²) in [7, 11) is 0. The van der Waals surface area contributed by atoms with Crippen molar-refractivity contribution in [3.63, 3.8) is 0 Å². The Balaban J connectivity index is 1.68. The molecule has 0 spiro atoms. The van der Waals surface area contributed by atoms with Crippen molar-refractivity contribution in [2.24, 2.45) is 0 Å². The van der Waals surface area contributed by atoms with Crippen LogP contribution in [0.4, 0.5) is 0 Å². The van der Waals surface area contributed by atoms with E-state index in [4.69, 9.17) is 9.72 Å². The lowest BCUT2D eigenvalue weighted by Gasteiger charge is -2.27. The molecule has 2 aromatic heterocycles. The van der Waals surface area contributed by atoms with Gasteiger partial charge in [-0.25, -0.2) is 9.97 Å². The first kappa shape index (κ1) is 14.2. The van der Waals surface area contributed by atoms with Crippen molar-refractivity contribution < 1.29 is 4.74 Å². The van der Waals surface area contributed by atoms with E-state index < -0.39 is 0 Å². The van der Waals surface area contributed by atoms with Gasteiger partial charge in [0.25, 0.3) is 0 Å². The molecule has 0 aliphatic carbocycles. The molecular weight excluding hydrogens is 276 g/mol. The van der Waals surface area contributed by atoms with Crippen LogP contribution in [0.25, 0.3) is 11.2 Å². The third-order valence-electron chi connectivity index (χ3n) is 4.92. The van der Waals surface area contributed by atoms with Crippen molar-refractivity contribution in [1.82, 2.24) is 19.9 Å². The minimum Gasteiger partial charge on any atom is -0.381 e. The minimum atomic E-state index is 0.479. The minimum absolute atomic E-state index is 0.479. The van der Waals surface area contributed by atoms with E-state index in [1.165, 1.54) is 25.1 Å². The molecule has 2 fully saturated rings. The van der Waals surface area contributed by atoms with E-state index in [-0.39, 0.29) is 0 Å². The molecule has 118 valence electrons. The molecular formula is C17H24N4O. The molecule has 5 heteroatoms. The third kappa shape index (κ3) is 2.75. The Hall–Kier alpha value is -1.46. The Bertz CT molecular complexity index is 627. The molecule has 5 nitrogen and oxygen atoms in total. The molecule has 0 saturated carbocycles. The van der Waals surface area contributed by atoms with Crippen LogP contribution < -0.4 is 5.32 Å². The molecule has 1 N–H and O–H groups in total. The molecule has 2 saturated heterocycles. The Morgan fingerprint density at radius 1 is 1.23 bits per heavy atom. The summed E-state index contributed by atoms with van der Waals surface area (Å²) in [5.41, 5.74) is 2.07. The van der Waals surface area contributed by atoms with Crippen LogP contribution in [-0.2, 0) is 11.2 Å². The highest BCUT2D eigenvalue weighted by molar-refractivity contribution is 5.71. The molecule has 0 amide bonds. The average molecular weight is 300 g/mol. The number of piperidine rings is 1. The van der Waals surface area contributed by atoms with E-state index in [1.807, 2.05) is 12.3 Å². The summed E-state index contributed by atoms with van der Waals surface area (Å²) in [6, 6.07) is 5.10. The summed E-state index contributed by atoms with van der Waals surface area (Å²) in [6.45, 7) is 2.83. The van der Waals surface area contributed by atoms with Crippen LogP contribution in [0, 0.1) is 0 Å². The van der Waals surface area contributed by atoms with Crippen molar-refractivity contribution in [2.75, 3.05) is 19.8 Å². The average Bonchev–Trinajstić information content (AvgIpc) is 2.94. The van der Waals surface area contributed by atoms with Gasteiger partial charge in [-0.05, 0) is 44.4 Å². The topological polar surface area (TPSA) is 52.0 Å². The zero-order valence-electron chi connectivity index (χ0n) is 13.0. The van der Waals surface area contributed by atoms with Crippen LogP contribution in [0.15, 0.2) is 18.3 Å². The first-order valence-corrected chi connectivity index (χ1v) is 8.55. The van der Waals surface area contributed by atoms with Crippen LogP contribution in [0.2, 0.25) is 0 Å². The Labute approximate surface area is 131 Å². The lowest BCUT2D eigenvalue weighted by atomic mass is 10.0. The first-order chi connectivity index (χ1) is 10.9. The molecule has 4 rings (SSSR count). The van der Waals surface area contributed by atoms with Gasteiger partial charge in [-0.1, -0.05) is 6.42 Å². The van der Waals surface area contributed by atoms with Gasteiger partial charge in [-0.3, -0.25) is 0 Å². The molecule has 1 unspecified atom stereocenters. The fraction of sp³-hybridized carbons (Fsp3) is 0.647. The zero-order chi connectivity index (χ0) is 14.8. The zero-order valence-corrected chi connectivity index (χ0v) is 13.0. The van der Waals surface area contributed by atoms with Crippen LogP contribution in [0.1, 0.15) is 44.0 Å². The van der Waals surface area contributed by atoms with E-state index in [1.54, 1.807) is 0 Å². The molecule has 2 aromatic rings. The maximum absolute atomic E-state index is 5.53. The summed E-state index contributed by atoms with van der Waals surface area (Å²) in [6.07, 6.45) is 8.89. The van der Waals surface area contributed by atoms with Crippen molar-refractivity contribution >= 4 is 11.2 Å². The summed E-state index contributed by atoms with van der Waals surface area (Å²) in [4.78, 5) is 9.51. The summed E-state index contributed by atoms with van der Waals surface area (Å²) >= 11 is 0. The summed E-state index contributed by atoms with van der Waals surface area (Å²) in [5.74, 6) is 1.19. The number of nitrogens with zero attached hydrogens (tertiary/aromatic N) is 3. The van der Waals surface area contributed by atoms with Crippen LogP contribution >= 0.6 is 0 Å². The Morgan fingerprint density at radius 2 is 2.14 bits per heavy atom. The lowest BCUT2D eigenvalue weighted by Crippen LogP contribution is -2.36.